The van der Waals surface area contributed by atoms with Crippen molar-refractivity contribution in [2.45, 2.75) is 44.7 Å². The van der Waals surface area contributed by atoms with Gasteiger partial charge in [-0.1, -0.05) is 18.2 Å². The van der Waals surface area contributed by atoms with E-state index in [4.69, 9.17) is 4.98 Å². The molecule has 2 aliphatic rings. The third kappa shape index (κ3) is 2.79. The molecule has 5 heteroatoms. The average Bonchev–Trinajstić information content (AvgIpc) is 3.27. The molecule has 1 unspecified atom stereocenters. The van der Waals surface area contributed by atoms with Gasteiger partial charge in [-0.15, -0.1) is 11.3 Å². The molecule has 0 saturated heterocycles. The highest BCUT2D eigenvalue weighted by Crippen LogP contribution is 2.41. The molecule has 1 N–H and O–H groups in total. The molecule has 4 rings (SSSR count). The first-order valence-electron chi connectivity index (χ1n) is 8.13. The second-order valence-electron chi connectivity index (χ2n) is 6.56. The molecular formula is C18H20N2O2S. The highest BCUT2D eigenvalue weighted by atomic mass is 32.1. The van der Waals surface area contributed by atoms with Crippen LogP contribution in [0.15, 0.2) is 23.6 Å². The molecule has 120 valence electrons. The summed E-state index contributed by atoms with van der Waals surface area (Å²) < 4.78 is 0. The fraction of sp³-hybridized carbons (Fsp3) is 0.444. The van der Waals surface area contributed by atoms with E-state index in [-0.39, 0.29) is 0 Å². The Kier molecular flexibility index (Phi) is 3.70. The monoisotopic (exact) mass is 328 g/mol. The molecular weight excluding hydrogens is 308 g/mol. The van der Waals surface area contributed by atoms with Crippen LogP contribution < -0.4 is 0 Å². The molecule has 2 aromatic rings. The number of aryl methyl sites for hydroxylation is 1. The van der Waals surface area contributed by atoms with Gasteiger partial charge in [-0.3, -0.25) is 9.69 Å². The molecule has 1 aromatic heterocycles. The van der Waals surface area contributed by atoms with Crippen LogP contribution >= 0.6 is 11.3 Å². The minimum atomic E-state index is -0.769. The van der Waals surface area contributed by atoms with Crippen molar-refractivity contribution in [3.63, 3.8) is 0 Å². The van der Waals surface area contributed by atoms with Gasteiger partial charge in [-0.25, -0.2) is 4.98 Å². The zero-order valence-corrected chi connectivity index (χ0v) is 14.0. The van der Waals surface area contributed by atoms with Crippen LogP contribution in [-0.4, -0.2) is 27.5 Å². The summed E-state index contributed by atoms with van der Waals surface area (Å²) in [7, 11) is 0. The van der Waals surface area contributed by atoms with Gasteiger partial charge in [0.05, 0.1) is 10.7 Å². The van der Waals surface area contributed by atoms with Gasteiger partial charge in [-0.05, 0) is 42.9 Å². The summed E-state index contributed by atoms with van der Waals surface area (Å²) in [6, 6.07) is 5.42. The molecule has 1 fully saturated rings. The van der Waals surface area contributed by atoms with E-state index in [9.17, 15) is 9.90 Å². The molecule has 0 radical (unpaired) electrons. The van der Waals surface area contributed by atoms with E-state index in [2.05, 4.69) is 23.3 Å². The molecule has 0 amide bonds. The number of carboxylic acids is 1. The van der Waals surface area contributed by atoms with Crippen molar-refractivity contribution < 1.29 is 9.90 Å². The Morgan fingerprint density at radius 2 is 2.26 bits per heavy atom. The number of fused-ring (bicyclic) bond motifs is 1. The van der Waals surface area contributed by atoms with Gasteiger partial charge in [0, 0.05) is 24.4 Å². The van der Waals surface area contributed by atoms with Crippen molar-refractivity contribution in [1.82, 2.24) is 9.88 Å². The Morgan fingerprint density at radius 3 is 3.00 bits per heavy atom. The first-order chi connectivity index (χ1) is 11.1. The summed E-state index contributed by atoms with van der Waals surface area (Å²) in [4.78, 5) is 18.7. The zero-order valence-electron chi connectivity index (χ0n) is 13.2. The van der Waals surface area contributed by atoms with Crippen molar-refractivity contribution in [3.8, 4) is 0 Å². The van der Waals surface area contributed by atoms with Crippen LogP contribution in [0.1, 0.15) is 52.2 Å². The summed E-state index contributed by atoms with van der Waals surface area (Å²) in [5.74, 6) is -0.108. The maximum Gasteiger partial charge on any atom is 0.325 e. The van der Waals surface area contributed by atoms with Gasteiger partial charge in [0.15, 0.2) is 0 Å². The number of rotatable bonds is 4. The zero-order chi connectivity index (χ0) is 16.0. The molecule has 1 saturated carbocycles. The normalized spacial score (nSPS) is 21.2. The standard InChI is InChI=1S/C18H20N2O2S/c1-11-3-2-4-15-14(11)7-8-20(16(15)18(21)22)9-13-10-23-17(19-13)12-5-6-12/h2-4,10,12,16H,5-9H2,1H3,(H,21,22). The van der Waals surface area contributed by atoms with Crippen LogP contribution in [0.3, 0.4) is 0 Å². The summed E-state index contributed by atoms with van der Waals surface area (Å²) in [5, 5.41) is 13.1. The third-order valence-corrected chi connectivity index (χ3v) is 5.91. The largest absolute Gasteiger partial charge is 0.480 e. The van der Waals surface area contributed by atoms with Crippen LogP contribution in [-0.2, 0) is 17.8 Å². The van der Waals surface area contributed by atoms with E-state index in [1.807, 2.05) is 12.1 Å². The first kappa shape index (κ1) is 14.8. The number of nitrogens with zero attached hydrogens (tertiary/aromatic N) is 2. The number of thiazole rings is 1. The SMILES string of the molecule is Cc1cccc2c1CCN(Cc1csc(C3CC3)n1)C2C(=O)O. The summed E-state index contributed by atoms with van der Waals surface area (Å²) in [6.07, 6.45) is 3.41. The lowest BCUT2D eigenvalue weighted by Gasteiger charge is -2.35. The first-order valence-corrected chi connectivity index (χ1v) is 9.01. The third-order valence-electron chi connectivity index (χ3n) is 4.85. The van der Waals surface area contributed by atoms with E-state index in [1.165, 1.54) is 29.0 Å². The van der Waals surface area contributed by atoms with Crippen LogP contribution in [0.25, 0.3) is 0 Å². The van der Waals surface area contributed by atoms with Gasteiger partial charge in [0.25, 0.3) is 0 Å². The molecule has 0 bridgehead atoms. The van der Waals surface area contributed by atoms with E-state index in [1.54, 1.807) is 11.3 Å². The number of aliphatic carboxylic acids is 1. The molecule has 23 heavy (non-hydrogen) atoms. The fourth-order valence-corrected chi connectivity index (χ4v) is 4.47. The van der Waals surface area contributed by atoms with Gasteiger partial charge < -0.3 is 5.11 Å². The van der Waals surface area contributed by atoms with Crippen LogP contribution in [0, 0.1) is 6.92 Å². The lowest BCUT2D eigenvalue weighted by molar-refractivity contribution is -0.144. The number of carbonyl (C=O) groups is 1. The highest BCUT2D eigenvalue weighted by molar-refractivity contribution is 7.09. The minimum Gasteiger partial charge on any atom is -0.480 e. The number of hydrogen-bond donors (Lipinski definition) is 1. The number of carboxylic acid groups (broad SMARTS) is 1. The van der Waals surface area contributed by atoms with Gasteiger partial charge in [-0.2, -0.15) is 0 Å². The lowest BCUT2D eigenvalue weighted by Crippen LogP contribution is -2.39. The Bertz CT molecular complexity index is 751. The molecule has 0 spiro atoms. The average molecular weight is 328 g/mol. The molecule has 4 nitrogen and oxygen atoms in total. The van der Waals surface area contributed by atoms with Crippen molar-refractivity contribution >= 4 is 17.3 Å². The Labute approximate surface area is 139 Å². The summed E-state index contributed by atoms with van der Waals surface area (Å²) in [6.45, 7) is 3.45. The Hall–Kier alpha value is -1.72. The molecule has 1 aliphatic carbocycles. The van der Waals surface area contributed by atoms with Crippen molar-refractivity contribution in [2.75, 3.05) is 6.54 Å². The maximum absolute atomic E-state index is 11.9. The van der Waals surface area contributed by atoms with Crippen molar-refractivity contribution in [2.24, 2.45) is 0 Å². The van der Waals surface area contributed by atoms with E-state index in [0.717, 1.165) is 24.2 Å². The second kappa shape index (κ2) is 5.73. The molecule has 1 atom stereocenters. The molecule has 2 heterocycles. The van der Waals surface area contributed by atoms with E-state index < -0.39 is 12.0 Å². The topological polar surface area (TPSA) is 53.4 Å². The van der Waals surface area contributed by atoms with E-state index in [0.29, 0.717) is 12.5 Å². The number of benzene rings is 1. The molecule has 1 aromatic carbocycles. The molecule has 1 aliphatic heterocycles. The second-order valence-corrected chi connectivity index (χ2v) is 7.44. The summed E-state index contributed by atoms with van der Waals surface area (Å²) in [5.41, 5.74) is 4.35. The van der Waals surface area contributed by atoms with E-state index >= 15 is 0 Å². The lowest BCUT2D eigenvalue weighted by atomic mass is 9.89. The smallest absolute Gasteiger partial charge is 0.325 e. The Balaban J connectivity index is 1.61. The summed E-state index contributed by atoms with van der Waals surface area (Å²) >= 11 is 1.72. The van der Waals surface area contributed by atoms with Gasteiger partial charge in [0.1, 0.15) is 6.04 Å². The number of hydrogen-bond acceptors (Lipinski definition) is 4. The van der Waals surface area contributed by atoms with Crippen molar-refractivity contribution in [3.05, 3.63) is 51.0 Å². The fourth-order valence-electron chi connectivity index (χ4n) is 3.48. The maximum atomic E-state index is 11.9. The van der Waals surface area contributed by atoms with Crippen LogP contribution in [0.5, 0.6) is 0 Å². The predicted octanol–water partition coefficient (Wildman–Crippen LogP) is 3.51. The van der Waals surface area contributed by atoms with Crippen LogP contribution in [0.4, 0.5) is 0 Å². The Morgan fingerprint density at radius 1 is 1.43 bits per heavy atom. The van der Waals surface area contributed by atoms with Gasteiger partial charge in [0.2, 0.25) is 0 Å². The van der Waals surface area contributed by atoms with Gasteiger partial charge >= 0.3 is 5.97 Å². The van der Waals surface area contributed by atoms with Crippen LogP contribution in [0.2, 0.25) is 0 Å². The minimum absolute atomic E-state index is 0.565. The quantitative estimate of drug-likeness (QED) is 0.933. The number of aromatic nitrogens is 1. The predicted molar refractivity (Wildman–Crippen MR) is 89.8 cm³/mol. The highest BCUT2D eigenvalue weighted by Gasteiger charge is 2.34. The van der Waals surface area contributed by atoms with Crippen molar-refractivity contribution in [1.29, 1.82) is 0 Å².